The van der Waals surface area contributed by atoms with Gasteiger partial charge in [0.2, 0.25) is 5.91 Å². The molecule has 0 saturated carbocycles. The van der Waals surface area contributed by atoms with Gasteiger partial charge in [0.25, 0.3) is 5.91 Å². The standard InChI is InChI=1S/C15H11ClF2N2O2/c16-11-7-9(17)5-6-13(11)20-14(21)8-19-15(22)10-3-1-2-4-12(10)18/h1-7H,8H2,(H,19,22)(H,20,21). The number of benzene rings is 2. The molecular formula is C15H11ClF2N2O2. The fourth-order valence-electron chi connectivity index (χ4n) is 1.69. The first kappa shape index (κ1) is 15.9. The molecule has 2 rings (SSSR count). The molecular weight excluding hydrogens is 314 g/mol. The Hall–Kier alpha value is -2.47. The van der Waals surface area contributed by atoms with Gasteiger partial charge in [-0.2, -0.15) is 0 Å². The Morgan fingerprint density at radius 1 is 1.09 bits per heavy atom. The first-order valence-corrected chi connectivity index (χ1v) is 6.63. The average molecular weight is 325 g/mol. The van der Waals surface area contributed by atoms with E-state index >= 15 is 0 Å². The maximum atomic E-state index is 13.4. The molecule has 0 aliphatic heterocycles. The van der Waals surface area contributed by atoms with Crippen LogP contribution in [0.3, 0.4) is 0 Å². The third-order valence-corrected chi connectivity index (χ3v) is 3.05. The summed E-state index contributed by atoms with van der Waals surface area (Å²) in [5.41, 5.74) is 0.0586. The lowest BCUT2D eigenvalue weighted by Crippen LogP contribution is -2.33. The van der Waals surface area contributed by atoms with Crippen LogP contribution in [-0.2, 0) is 4.79 Å². The van der Waals surface area contributed by atoms with Crippen molar-refractivity contribution in [2.45, 2.75) is 0 Å². The lowest BCUT2D eigenvalue weighted by Gasteiger charge is -2.08. The van der Waals surface area contributed by atoms with E-state index in [4.69, 9.17) is 11.6 Å². The van der Waals surface area contributed by atoms with Crippen LogP contribution in [0.2, 0.25) is 5.02 Å². The number of amides is 2. The molecule has 2 aromatic carbocycles. The Bertz CT molecular complexity index is 722. The monoisotopic (exact) mass is 324 g/mol. The van der Waals surface area contributed by atoms with Crippen LogP contribution in [0.5, 0.6) is 0 Å². The number of hydrogen-bond donors (Lipinski definition) is 2. The number of carbonyl (C=O) groups excluding carboxylic acids is 2. The summed E-state index contributed by atoms with van der Waals surface area (Å²) in [5.74, 6) is -2.49. The molecule has 0 aliphatic rings. The molecule has 22 heavy (non-hydrogen) atoms. The van der Waals surface area contributed by atoms with Crippen molar-refractivity contribution in [1.29, 1.82) is 0 Å². The third kappa shape index (κ3) is 4.02. The summed E-state index contributed by atoms with van der Waals surface area (Å²) in [4.78, 5) is 23.4. The molecule has 7 heteroatoms. The van der Waals surface area contributed by atoms with Crippen LogP contribution >= 0.6 is 11.6 Å². The molecule has 0 aromatic heterocycles. The highest BCUT2D eigenvalue weighted by Crippen LogP contribution is 2.22. The Labute approximate surface area is 130 Å². The van der Waals surface area contributed by atoms with Crippen LogP contribution < -0.4 is 10.6 Å². The van der Waals surface area contributed by atoms with Crippen molar-refractivity contribution in [1.82, 2.24) is 5.32 Å². The molecule has 4 nitrogen and oxygen atoms in total. The molecule has 2 N–H and O–H groups in total. The van der Waals surface area contributed by atoms with Crippen LogP contribution in [0.4, 0.5) is 14.5 Å². The van der Waals surface area contributed by atoms with Crippen molar-refractivity contribution < 1.29 is 18.4 Å². The second-order valence-corrected chi connectivity index (χ2v) is 4.74. The van der Waals surface area contributed by atoms with E-state index in [9.17, 15) is 18.4 Å². The van der Waals surface area contributed by atoms with Gasteiger partial charge in [0.05, 0.1) is 22.8 Å². The Morgan fingerprint density at radius 2 is 1.82 bits per heavy atom. The first-order valence-electron chi connectivity index (χ1n) is 6.25. The molecule has 0 radical (unpaired) electrons. The number of anilines is 1. The van der Waals surface area contributed by atoms with Gasteiger partial charge in [-0.05, 0) is 30.3 Å². The van der Waals surface area contributed by atoms with Crippen LogP contribution in [0.15, 0.2) is 42.5 Å². The van der Waals surface area contributed by atoms with E-state index in [-0.39, 0.29) is 22.8 Å². The minimum atomic E-state index is -0.710. The van der Waals surface area contributed by atoms with Gasteiger partial charge in [0.1, 0.15) is 11.6 Å². The summed E-state index contributed by atoms with van der Waals surface area (Å²) in [5, 5.41) is 4.73. The predicted octanol–water partition coefficient (Wildman–Crippen LogP) is 2.99. The van der Waals surface area contributed by atoms with E-state index in [2.05, 4.69) is 10.6 Å². The van der Waals surface area contributed by atoms with E-state index in [1.54, 1.807) is 0 Å². The van der Waals surface area contributed by atoms with E-state index in [1.807, 2.05) is 0 Å². The Balaban J connectivity index is 1.93. The largest absolute Gasteiger partial charge is 0.343 e. The molecule has 2 amide bonds. The van der Waals surface area contributed by atoms with Gasteiger partial charge in [-0.3, -0.25) is 9.59 Å². The quantitative estimate of drug-likeness (QED) is 0.908. The van der Waals surface area contributed by atoms with Gasteiger partial charge in [0.15, 0.2) is 0 Å². The predicted molar refractivity (Wildman–Crippen MR) is 78.8 cm³/mol. The summed E-state index contributed by atoms with van der Waals surface area (Å²) < 4.78 is 26.3. The molecule has 0 atom stereocenters. The van der Waals surface area contributed by atoms with E-state index in [1.165, 1.54) is 24.3 Å². The molecule has 2 aromatic rings. The molecule has 0 unspecified atom stereocenters. The number of carbonyl (C=O) groups is 2. The zero-order valence-electron chi connectivity index (χ0n) is 11.2. The molecule has 0 bridgehead atoms. The number of halogens is 3. The van der Waals surface area contributed by atoms with Crippen molar-refractivity contribution in [3.05, 3.63) is 64.7 Å². The van der Waals surface area contributed by atoms with Gasteiger partial charge < -0.3 is 10.6 Å². The van der Waals surface area contributed by atoms with Gasteiger partial charge in [-0.25, -0.2) is 8.78 Å². The van der Waals surface area contributed by atoms with E-state index in [0.717, 1.165) is 18.2 Å². The smallest absolute Gasteiger partial charge is 0.254 e. The molecule has 114 valence electrons. The fourth-order valence-corrected chi connectivity index (χ4v) is 1.90. The van der Waals surface area contributed by atoms with Crippen LogP contribution in [0.1, 0.15) is 10.4 Å². The molecule has 0 saturated heterocycles. The van der Waals surface area contributed by atoms with E-state index < -0.39 is 23.4 Å². The second-order valence-electron chi connectivity index (χ2n) is 4.33. The van der Waals surface area contributed by atoms with Gasteiger partial charge in [-0.15, -0.1) is 0 Å². The molecule has 0 spiro atoms. The first-order chi connectivity index (χ1) is 10.5. The zero-order chi connectivity index (χ0) is 16.1. The van der Waals surface area contributed by atoms with Crippen LogP contribution in [0, 0.1) is 11.6 Å². The summed E-state index contributed by atoms with van der Waals surface area (Å²) in [6.07, 6.45) is 0. The SMILES string of the molecule is O=C(CNC(=O)c1ccccc1F)Nc1ccc(F)cc1Cl. The normalized spacial score (nSPS) is 10.1. The highest BCUT2D eigenvalue weighted by atomic mass is 35.5. The highest BCUT2D eigenvalue weighted by Gasteiger charge is 2.12. The minimum absolute atomic E-state index is 0.0359. The highest BCUT2D eigenvalue weighted by molar-refractivity contribution is 6.33. The van der Waals surface area contributed by atoms with E-state index in [0.29, 0.717) is 0 Å². The van der Waals surface area contributed by atoms with Gasteiger partial charge >= 0.3 is 0 Å². The van der Waals surface area contributed by atoms with Crippen LogP contribution in [-0.4, -0.2) is 18.4 Å². The average Bonchev–Trinajstić information content (AvgIpc) is 2.48. The summed E-state index contributed by atoms with van der Waals surface area (Å²) in [6, 6.07) is 8.90. The Kier molecular flexibility index (Phi) is 5.06. The number of rotatable bonds is 4. The van der Waals surface area contributed by atoms with Gasteiger partial charge in [-0.1, -0.05) is 23.7 Å². The topological polar surface area (TPSA) is 58.2 Å². The van der Waals surface area contributed by atoms with Gasteiger partial charge in [0, 0.05) is 0 Å². The zero-order valence-corrected chi connectivity index (χ0v) is 12.0. The van der Waals surface area contributed by atoms with Crippen molar-refractivity contribution in [2.24, 2.45) is 0 Å². The molecule has 0 fully saturated rings. The maximum Gasteiger partial charge on any atom is 0.254 e. The summed E-state index contributed by atoms with van der Waals surface area (Å²) in [6.45, 7) is -0.374. The van der Waals surface area contributed by atoms with Crippen molar-refractivity contribution >= 4 is 29.1 Å². The second kappa shape index (κ2) is 7.00. The number of nitrogens with one attached hydrogen (secondary N) is 2. The van der Waals surface area contributed by atoms with Crippen molar-refractivity contribution in [2.75, 3.05) is 11.9 Å². The minimum Gasteiger partial charge on any atom is -0.343 e. The lowest BCUT2D eigenvalue weighted by atomic mass is 10.2. The number of hydrogen-bond acceptors (Lipinski definition) is 2. The molecule has 0 aliphatic carbocycles. The van der Waals surface area contributed by atoms with Crippen molar-refractivity contribution in [3.8, 4) is 0 Å². The fraction of sp³-hybridized carbons (Fsp3) is 0.0667. The summed E-state index contributed by atoms with van der Waals surface area (Å²) >= 11 is 5.76. The lowest BCUT2D eigenvalue weighted by molar-refractivity contribution is -0.115. The third-order valence-electron chi connectivity index (χ3n) is 2.73. The summed E-state index contributed by atoms with van der Waals surface area (Å²) in [7, 11) is 0. The van der Waals surface area contributed by atoms with Crippen molar-refractivity contribution in [3.63, 3.8) is 0 Å². The maximum absolute atomic E-state index is 13.4. The Morgan fingerprint density at radius 3 is 2.50 bits per heavy atom. The van der Waals surface area contributed by atoms with Crippen LogP contribution in [0.25, 0.3) is 0 Å². The molecule has 0 heterocycles.